The summed E-state index contributed by atoms with van der Waals surface area (Å²) in [6.45, 7) is 11.3. The fourth-order valence-corrected chi connectivity index (χ4v) is 2.23. The molecule has 0 aliphatic carbocycles. The van der Waals surface area contributed by atoms with Gasteiger partial charge in [0.25, 0.3) is 0 Å². The Hall–Kier alpha value is -0.720. The molecule has 0 aliphatic heterocycles. The highest BCUT2D eigenvalue weighted by atomic mass is 14.7. The van der Waals surface area contributed by atoms with E-state index in [9.17, 15) is 0 Å². The van der Waals surface area contributed by atoms with Crippen molar-refractivity contribution in [3.63, 3.8) is 0 Å². The quantitative estimate of drug-likeness (QED) is 0.668. The maximum atomic E-state index is 3.61. The summed E-state index contributed by atoms with van der Waals surface area (Å²) in [6, 6.07) is 2.39. The van der Waals surface area contributed by atoms with Gasteiger partial charge in [-0.25, -0.2) is 0 Å². The molecule has 0 bridgehead atoms. The lowest BCUT2D eigenvalue weighted by Crippen LogP contribution is -2.11. The molecule has 0 aromatic carbocycles. The van der Waals surface area contributed by atoms with Crippen LogP contribution in [0.1, 0.15) is 77.3 Å². The monoisotopic (exact) mass is 235 g/mol. The molecule has 0 unspecified atom stereocenters. The molecule has 0 amide bonds. The van der Waals surface area contributed by atoms with Gasteiger partial charge in [0.2, 0.25) is 0 Å². The van der Waals surface area contributed by atoms with E-state index in [1.165, 1.54) is 43.5 Å². The highest BCUT2D eigenvalue weighted by Gasteiger charge is 2.17. The van der Waals surface area contributed by atoms with Crippen LogP contribution in [-0.4, -0.2) is 4.98 Å². The van der Waals surface area contributed by atoms with Gasteiger partial charge in [-0.3, -0.25) is 0 Å². The zero-order chi connectivity index (χ0) is 12.9. The average molecular weight is 235 g/mol. The topological polar surface area (TPSA) is 15.8 Å². The van der Waals surface area contributed by atoms with Crippen LogP contribution in [0.25, 0.3) is 0 Å². The first-order valence-corrected chi connectivity index (χ1v) is 7.20. The zero-order valence-electron chi connectivity index (χ0n) is 12.3. The summed E-state index contributed by atoms with van der Waals surface area (Å²) in [5, 5.41) is 0. The maximum Gasteiger partial charge on any atom is 0.0206 e. The molecule has 0 radical (unpaired) electrons. The number of aromatic amines is 1. The van der Waals surface area contributed by atoms with Crippen molar-refractivity contribution in [1.29, 1.82) is 0 Å². The summed E-state index contributed by atoms with van der Waals surface area (Å²) < 4.78 is 0. The van der Waals surface area contributed by atoms with Gasteiger partial charge in [-0.15, -0.1) is 0 Å². The maximum absolute atomic E-state index is 3.61. The van der Waals surface area contributed by atoms with Gasteiger partial charge >= 0.3 is 0 Å². The molecule has 0 spiro atoms. The third-order valence-corrected chi connectivity index (χ3v) is 3.45. The lowest BCUT2D eigenvalue weighted by molar-refractivity contribution is 0.571. The zero-order valence-corrected chi connectivity index (χ0v) is 12.3. The first-order valence-electron chi connectivity index (χ1n) is 7.20. The molecule has 1 heteroatoms. The largest absolute Gasteiger partial charge is 0.362 e. The van der Waals surface area contributed by atoms with Crippen molar-refractivity contribution >= 4 is 0 Å². The number of nitrogens with one attached hydrogen (secondary N) is 1. The highest BCUT2D eigenvalue weighted by Crippen LogP contribution is 2.25. The Morgan fingerprint density at radius 2 is 1.76 bits per heavy atom. The highest BCUT2D eigenvalue weighted by molar-refractivity contribution is 5.29. The smallest absolute Gasteiger partial charge is 0.0206 e. The van der Waals surface area contributed by atoms with Crippen LogP contribution in [0.5, 0.6) is 0 Å². The standard InChI is InChI=1S/C16H29N/c1-6-8-9-10-11-13-12-15(16(3,4)5)17-14(13)7-2/h12,17H,6-11H2,1-5H3. The van der Waals surface area contributed by atoms with E-state index in [0.717, 1.165) is 6.42 Å². The number of hydrogen-bond donors (Lipinski definition) is 1. The minimum Gasteiger partial charge on any atom is -0.362 e. The molecule has 1 aromatic rings. The Bertz CT molecular complexity index is 328. The van der Waals surface area contributed by atoms with Crippen LogP contribution < -0.4 is 0 Å². The van der Waals surface area contributed by atoms with Gasteiger partial charge in [-0.1, -0.05) is 53.9 Å². The van der Waals surface area contributed by atoms with Crippen molar-refractivity contribution in [3.8, 4) is 0 Å². The van der Waals surface area contributed by atoms with Crippen LogP contribution in [0.2, 0.25) is 0 Å². The van der Waals surface area contributed by atoms with Gasteiger partial charge in [0.1, 0.15) is 0 Å². The predicted molar refractivity (Wildman–Crippen MR) is 76.7 cm³/mol. The van der Waals surface area contributed by atoms with Crippen molar-refractivity contribution in [2.75, 3.05) is 0 Å². The summed E-state index contributed by atoms with van der Waals surface area (Å²) in [7, 11) is 0. The van der Waals surface area contributed by atoms with Gasteiger partial charge in [0, 0.05) is 16.8 Å². The molecule has 1 nitrogen and oxygen atoms in total. The molecule has 98 valence electrons. The van der Waals surface area contributed by atoms with Gasteiger partial charge in [-0.05, 0) is 30.9 Å². The molecular weight excluding hydrogens is 206 g/mol. The van der Waals surface area contributed by atoms with Gasteiger partial charge in [-0.2, -0.15) is 0 Å². The molecule has 1 rings (SSSR count). The summed E-state index contributed by atoms with van der Waals surface area (Å²) in [5.41, 5.74) is 4.63. The lowest BCUT2D eigenvalue weighted by Gasteiger charge is -2.15. The van der Waals surface area contributed by atoms with Crippen molar-refractivity contribution in [2.24, 2.45) is 0 Å². The number of hydrogen-bond acceptors (Lipinski definition) is 0. The van der Waals surface area contributed by atoms with Crippen LogP contribution in [0.4, 0.5) is 0 Å². The molecule has 17 heavy (non-hydrogen) atoms. The fourth-order valence-electron chi connectivity index (χ4n) is 2.23. The SMILES string of the molecule is CCCCCCc1cc(C(C)(C)C)[nH]c1CC. The molecular formula is C16H29N. The first-order chi connectivity index (χ1) is 7.99. The van der Waals surface area contributed by atoms with E-state index in [-0.39, 0.29) is 5.41 Å². The Morgan fingerprint density at radius 3 is 2.29 bits per heavy atom. The van der Waals surface area contributed by atoms with E-state index in [1.807, 2.05) is 0 Å². The summed E-state index contributed by atoms with van der Waals surface area (Å²) in [4.78, 5) is 3.61. The molecule has 0 aliphatic rings. The van der Waals surface area contributed by atoms with Crippen molar-refractivity contribution in [3.05, 3.63) is 23.0 Å². The minimum atomic E-state index is 0.242. The Kier molecular flexibility index (Phi) is 5.30. The Labute approximate surface area is 107 Å². The summed E-state index contributed by atoms with van der Waals surface area (Å²) in [5.74, 6) is 0. The summed E-state index contributed by atoms with van der Waals surface area (Å²) >= 11 is 0. The van der Waals surface area contributed by atoms with Crippen LogP contribution in [-0.2, 0) is 18.3 Å². The van der Waals surface area contributed by atoms with Crippen LogP contribution in [0, 0.1) is 0 Å². The molecule has 1 aromatic heterocycles. The second-order valence-corrected chi connectivity index (χ2v) is 6.10. The first kappa shape index (κ1) is 14.3. The predicted octanol–water partition coefficient (Wildman–Crippen LogP) is 5.00. The minimum absolute atomic E-state index is 0.242. The van der Waals surface area contributed by atoms with Crippen molar-refractivity contribution < 1.29 is 0 Å². The normalized spacial score (nSPS) is 12.1. The van der Waals surface area contributed by atoms with Gasteiger partial charge in [0.05, 0.1) is 0 Å². The van der Waals surface area contributed by atoms with Crippen LogP contribution in [0.3, 0.4) is 0 Å². The van der Waals surface area contributed by atoms with Gasteiger partial charge in [0.15, 0.2) is 0 Å². The van der Waals surface area contributed by atoms with E-state index in [0.29, 0.717) is 0 Å². The molecule has 0 saturated carbocycles. The van der Waals surface area contributed by atoms with E-state index in [4.69, 9.17) is 0 Å². The fraction of sp³-hybridized carbons (Fsp3) is 0.750. The third kappa shape index (κ3) is 4.22. The molecule has 0 atom stereocenters. The summed E-state index contributed by atoms with van der Waals surface area (Å²) in [6.07, 6.45) is 7.77. The number of aryl methyl sites for hydroxylation is 2. The van der Waals surface area contributed by atoms with E-state index in [2.05, 4.69) is 45.7 Å². The molecule has 1 N–H and O–H groups in total. The van der Waals surface area contributed by atoms with Crippen molar-refractivity contribution in [1.82, 2.24) is 4.98 Å². The van der Waals surface area contributed by atoms with Gasteiger partial charge < -0.3 is 4.98 Å². The lowest BCUT2D eigenvalue weighted by atomic mass is 9.92. The van der Waals surface area contributed by atoms with E-state index in [1.54, 1.807) is 5.56 Å². The number of unbranched alkanes of at least 4 members (excludes halogenated alkanes) is 3. The Morgan fingerprint density at radius 1 is 1.06 bits per heavy atom. The second-order valence-electron chi connectivity index (χ2n) is 6.10. The number of aromatic nitrogens is 1. The number of H-pyrrole nitrogens is 1. The average Bonchev–Trinajstić information content (AvgIpc) is 2.67. The molecule has 0 fully saturated rings. The number of rotatable bonds is 6. The molecule has 1 heterocycles. The molecule has 0 saturated heterocycles. The van der Waals surface area contributed by atoms with Crippen LogP contribution in [0.15, 0.2) is 6.07 Å². The van der Waals surface area contributed by atoms with E-state index >= 15 is 0 Å². The van der Waals surface area contributed by atoms with E-state index < -0.39 is 0 Å². The van der Waals surface area contributed by atoms with Crippen LogP contribution >= 0.6 is 0 Å². The second kappa shape index (κ2) is 6.28. The van der Waals surface area contributed by atoms with Crippen molar-refractivity contribution in [2.45, 2.75) is 78.6 Å². The third-order valence-electron chi connectivity index (χ3n) is 3.45. The Balaban J connectivity index is 2.67.